The lowest BCUT2D eigenvalue weighted by molar-refractivity contribution is -0.145. The van der Waals surface area contributed by atoms with Crippen molar-refractivity contribution in [3.63, 3.8) is 0 Å². The number of piperazine rings is 1. The number of allylic oxidation sites excluding steroid dienone is 3. The molecule has 1 saturated heterocycles. The van der Waals surface area contributed by atoms with E-state index in [1.165, 1.54) is 18.1 Å². The van der Waals surface area contributed by atoms with E-state index in [1.807, 2.05) is 0 Å². The summed E-state index contributed by atoms with van der Waals surface area (Å²) in [6, 6.07) is 0. The average Bonchev–Trinajstić information content (AvgIpc) is 2.54. The van der Waals surface area contributed by atoms with Crippen LogP contribution in [0.3, 0.4) is 0 Å². The molecule has 0 N–H and O–H groups in total. The molecule has 0 aromatic rings. The smallest absolute Gasteiger partial charge is 0.411 e. The Labute approximate surface area is 161 Å². The standard InChI is InChI=1S/C20H30N2O5/c1-14(16(23)26-8)10-9-11-15(2)21-12-13-22(20(6,7)17(21)24)18(25)27-19(3,4)5/h9-11H,1,12-13H2,2-8H3/b10-9-,15-11+. The van der Waals surface area contributed by atoms with Crippen LogP contribution in [0.2, 0.25) is 0 Å². The minimum Gasteiger partial charge on any atom is -0.465 e. The van der Waals surface area contributed by atoms with Crippen LogP contribution in [0.25, 0.3) is 0 Å². The van der Waals surface area contributed by atoms with E-state index in [0.717, 1.165) is 0 Å². The van der Waals surface area contributed by atoms with Gasteiger partial charge in [-0.15, -0.1) is 0 Å². The number of carbonyl (C=O) groups is 3. The van der Waals surface area contributed by atoms with E-state index in [4.69, 9.17) is 4.74 Å². The Kier molecular flexibility index (Phi) is 7.00. The van der Waals surface area contributed by atoms with Crippen LogP contribution < -0.4 is 0 Å². The van der Waals surface area contributed by atoms with Gasteiger partial charge in [-0.25, -0.2) is 9.59 Å². The topological polar surface area (TPSA) is 76.2 Å². The fraction of sp³-hybridized carbons (Fsp3) is 0.550. The van der Waals surface area contributed by atoms with Gasteiger partial charge < -0.3 is 14.4 Å². The van der Waals surface area contributed by atoms with Crippen LogP contribution in [-0.2, 0) is 19.1 Å². The van der Waals surface area contributed by atoms with Crippen molar-refractivity contribution in [3.05, 3.63) is 36.1 Å². The molecule has 0 aliphatic carbocycles. The van der Waals surface area contributed by atoms with Crippen LogP contribution in [0.15, 0.2) is 36.1 Å². The van der Waals surface area contributed by atoms with Crippen molar-refractivity contribution in [2.75, 3.05) is 20.2 Å². The summed E-state index contributed by atoms with van der Waals surface area (Å²) < 4.78 is 9.99. The molecule has 1 aliphatic rings. The largest absolute Gasteiger partial charge is 0.465 e. The van der Waals surface area contributed by atoms with Crippen LogP contribution in [0.5, 0.6) is 0 Å². The molecule has 150 valence electrons. The molecule has 1 rings (SSSR count). The van der Waals surface area contributed by atoms with Crippen LogP contribution in [0, 0.1) is 0 Å². The average molecular weight is 378 g/mol. The van der Waals surface area contributed by atoms with E-state index in [0.29, 0.717) is 18.8 Å². The Hall–Kier alpha value is -2.57. The SMILES string of the molecule is C=C(/C=C\C=C(/C)N1CCN(C(=O)OC(C)(C)C)C(C)(C)C1=O)C(=O)OC. The number of methoxy groups -OCH3 is 1. The highest BCUT2D eigenvalue weighted by Crippen LogP contribution is 2.27. The summed E-state index contributed by atoms with van der Waals surface area (Å²) >= 11 is 0. The highest BCUT2D eigenvalue weighted by molar-refractivity contribution is 5.92. The molecule has 0 bridgehead atoms. The summed E-state index contributed by atoms with van der Waals surface area (Å²) in [6.45, 7) is 14.9. The van der Waals surface area contributed by atoms with Crippen molar-refractivity contribution in [2.45, 2.75) is 52.7 Å². The molecule has 0 aromatic carbocycles. The first-order valence-electron chi connectivity index (χ1n) is 8.76. The van der Waals surface area contributed by atoms with Gasteiger partial charge in [0.25, 0.3) is 5.91 Å². The van der Waals surface area contributed by atoms with E-state index in [1.54, 1.807) is 58.6 Å². The van der Waals surface area contributed by atoms with Gasteiger partial charge in [-0.2, -0.15) is 0 Å². The molecule has 0 saturated carbocycles. The molecule has 2 amide bonds. The minimum absolute atomic E-state index is 0.200. The normalized spacial score (nSPS) is 17.9. The maximum absolute atomic E-state index is 12.9. The summed E-state index contributed by atoms with van der Waals surface area (Å²) in [5.74, 6) is -0.714. The molecule has 0 spiro atoms. The van der Waals surface area contributed by atoms with E-state index < -0.39 is 23.2 Å². The predicted molar refractivity (Wildman–Crippen MR) is 103 cm³/mol. The molecule has 7 nitrogen and oxygen atoms in total. The van der Waals surface area contributed by atoms with Gasteiger partial charge in [0.2, 0.25) is 0 Å². The fourth-order valence-corrected chi connectivity index (χ4v) is 2.59. The Balaban J connectivity index is 2.91. The van der Waals surface area contributed by atoms with E-state index in [9.17, 15) is 14.4 Å². The molecule has 0 unspecified atom stereocenters. The summed E-state index contributed by atoms with van der Waals surface area (Å²) in [6.07, 6.45) is 4.36. The first-order chi connectivity index (χ1) is 12.3. The Bertz CT molecular complexity index is 683. The zero-order valence-electron chi connectivity index (χ0n) is 17.3. The van der Waals surface area contributed by atoms with Crippen molar-refractivity contribution >= 4 is 18.0 Å². The first-order valence-corrected chi connectivity index (χ1v) is 8.76. The third-order valence-electron chi connectivity index (χ3n) is 4.11. The number of amides is 2. The number of hydrogen-bond donors (Lipinski definition) is 0. The van der Waals surface area contributed by atoms with Crippen LogP contribution in [-0.4, -0.2) is 59.1 Å². The number of nitrogens with zero attached hydrogens (tertiary/aromatic N) is 2. The van der Waals surface area contributed by atoms with Gasteiger partial charge in [0.05, 0.1) is 12.7 Å². The van der Waals surface area contributed by atoms with Gasteiger partial charge in [-0.1, -0.05) is 12.7 Å². The Morgan fingerprint density at radius 1 is 1.22 bits per heavy atom. The summed E-state index contributed by atoms with van der Waals surface area (Å²) in [7, 11) is 1.29. The van der Waals surface area contributed by atoms with Crippen molar-refractivity contribution in [1.82, 2.24) is 9.80 Å². The number of esters is 1. The lowest BCUT2D eigenvalue weighted by Gasteiger charge is -2.46. The molecule has 1 fully saturated rings. The molecule has 0 aromatic heterocycles. The second-order valence-corrected chi connectivity index (χ2v) is 7.83. The van der Waals surface area contributed by atoms with Gasteiger partial charge in [-0.05, 0) is 53.7 Å². The summed E-state index contributed by atoms with van der Waals surface area (Å²) in [5, 5.41) is 0. The lowest BCUT2D eigenvalue weighted by atomic mass is 9.97. The van der Waals surface area contributed by atoms with Crippen molar-refractivity contribution in [1.29, 1.82) is 0 Å². The maximum Gasteiger partial charge on any atom is 0.411 e. The Morgan fingerprint density at radius 2 is 1.81 bits per heavy atom. The van der Waals surface area contributed by atoms with Crippen LogP contribution >= 0.6 is 0 Å². The molecular weight excluding hydrogens is 348 g/mol. The van der Waals surface area contributed by atoms with Gasteiger partial charge in [0, 0.05) is 18.8 Å². The molecular formula is C20H30N2O5. The molecule has 27 heavy (non-hydrogen) atoms. The second-order valence-electron chi connectivity index (χ2n) is 7.83. The zero-order valence-corrected chi connectivity index (χ0v) is 17.3. The van der Waals surface area contributed by atoms with Crippen LogP contribution in [0.1, 0.15) is 41.5 Å². The zero-order chi connectivity index (χ0) is 21.0. The third kappa shape index (κ3) is 5.70. The van der Waals surface area contributed by atoms with Gasteiger partial charge >= 0.3 is 12.1 Å². The highest BCUT2D eigenvalue weighted by Gasteiger charge is 2.46. The molecule has 0 radical (unpaired) electrons. The van der Waals surface area contributed by atoms with Crippen molar-refractivity contribution in [2.24, 2.45) is 0 Å². The molecule has 0 atom stereocenters. The quantitative estimate of drug-likeness (QED) is 0.427. The molecule has 1 aliphatic heterocycles. The number of ether oxygens (including phenoxy) is 2. The minimum atomic E-state index is -1.03. The fourth-order valence-electron chi connectivity index (χ4n) is 2.59. The van der Waals surface area contributed by atoms with E-state index in [-0.39, 0.29) is 11.5 Å². The Morgan fingerprint density at radius 3 is 2.33 bits per heavy atom. The maximum atomic E-state index is 12.9. The first kappa shape index (κ1) is 22.5. The number of carbonyl (C=O) groups excluding carboxylic acids is 3. The van der Waals surface area contributed by atoms with Gasteiger partial charge in [0.15, 0.2) is 0 Å². The lowest BCUT2D eigenvalue weighted by Crippen LogP contribution is -2.64. The van der Waals surface area contributed by atoms with E-state index in [2.05, 4.69) is 11.3 Å². The summed E-state index contributed by atoms with van der Waals surface area (Å²) in [5.41, 5.74) is -0.751. The van der Waals surface area contributed by atoms with Crippen molar-refractivity contribution < 1.29 is 23.9 Å². The van der Waals surface area contributed by atoms with E-state index >= 15 is 0 Å². The second kappa shape index (κ2) is 8.41. The summed E-state index contributed by atoms with van der Waals surface area (Å²) in [4.78, 5) is 39.8. The molecule has 1 heterocycles. The highest BCUT2D eigenvalue weighted by atomic mass is 16.6. The van der Waals surface area contributed by atoms with Gasteiger partial charge in [-0.3, -0.25) is 9.69 Å². The number of rotatable bonds is 4. The monoisotopic (exact) mass is 378 g/mol. The van der Waals surface area contributed by atoms with Crippen LogP contribution in [0.4, 0.5) is 4.79 Å². The predicted octanol–water partition coefficient (Wildman–Crippen LogP) is 3.03. The van der Waals surface area contributed by atoms with Gasteiger partial charge in [0.1, 0.15) is 11.1 Å². The molecule has 7 heteroatoms. The van der Waals surface area contributed by atoms with Crippen molar-refractivity contribution in [3.8, 4) is 0 Å². The number of hydrogen-bond acceptors (Lipinski definition) is 5. The third-order valence-corrected chi connectivity index (χ3v) is 4.11.